The fourth-order valence-electron chi connectivity index (χ4n) is 2.99. The van der Waals surface area contributed by atoms with Gasteiger partial charge in [-0.15, -0.1) is 0 Å². The van der Waals surface area contributed by atoms with Crippen LogP contribution in [0, 0.1) is 0 Å². The van der Waals surface area contributed by atoms with Crippen LogP contribution in [0.3, 0.4) is 0 Å². The van der Waals surface area contributed by atoms with Gasteiger partial charge in [-0.1, -0.05) is 24.3 Å². The molecule has 1 aliphatic rings. The Morgan fingerprint density at radius 3 is 2.42 bits per heavy atom. The van der Waals surface area contributed by atoms with E-state index >= 15 is 0 Å². The Morgan fingerprint density at radius 2 is 1.67 bits per heavy atom. The minimum Gasteiger partial charge on any atom is -0.507 e. The smallest absolute Gasteiger partial charge is 0.262 e. The number of nitrogen functional groups attached to an aromatic ring is 1. The Hall–Kier alpha value is -3.61. The van der Waals surface area contributed by atoms with E-state index in [2.05, 4.69) is 5.32 Å². The van der Waals surface area contributed by atoms with Gasteiger partial charge in [0, 0.05) is 16.8 Å². The van der Waals surface area contributed by atoms with Gasteiger partial charge in [0.1, 0.15) is 11.6 Å². The third-order valence-corrected chi connectivity index (χ3v) is 4.07. The van der Waals surface area contributed by atoms with Gasteiger partial charge < -0.3 is 10.8 Å². The summed E-state index contributed by atoms with van der Waals surface area (Å²) >= 11 is 0. The van der Waals surface area contributed by atoms with E-state index in [-0.39, 0.29) is 22.7 Å². The van der Waals surface area contributed by atoms with E-state index in [0.717, 1.165) is 6.07 Å². The van der Waals surface area contributed by atoms with E-state index in [9.17, 15) is 19.5 Å². The molecule has 1 aliphatic heterocycles. The normalized spacial score (nSPS) is 13.2. The highest BCUT2D eigenvalue weighted by Gasteiger charge is 2.32. The molecule has 0 atom stereocenters. The van der Waals surface area contributed by atoms with Crippen molar-refractivity contribution < 1.29 is 14.7 Å². The summed E-state index contributed by atoms with van der Waals surface area (Å²) in [6.45, 7) is 0. The number of hydrogen-bond acceptors (Lipinski definition) is 5. The maximum Gasteiger partial charge on any atom is 0.262 e. The van der Waals surface area contributed by atoms with Crippen LogP contribution in [-0.2, 0) is 0 Å². The minimum absolute atomic E-state index is 0.0169. The molecule has 4 rings (SSSR count). The lowest BCUT2D eigenvalue weighted by Crippen LogP contribution is -2.24. The number of nitrogens with two attached hydrogens (primary N) is 1. The van der Waals surface area contributed by atoms with Gasteiger partial charge >= 0.3 is 0 Å². The zero-order valence-electron chi connectivity index (χ0n) is 12.2. The summed E-state index contributed by atoms with van der Waals surface area (Å²) in [4.78, 5) is 36.2. The number of aromatic hydroxyl groups is 1. The van der Waals surface area contributed by atoms with Crippen LogP contribution < -0.4 is 16.6 Å². The van der Waals surface area contributed by atoms with Crippen molar-refractivity contribution in [2.75, 3.05) is 5.73 Å². The molecule has 2 aromatic carbocycles. The monoisotopic (exact) mass is 321 g/mol. The van der Waals surface area contributed by atoms with E-state index in [1.54, 1.807) is 24.3 Å². The number of nitrogens with zero attached hydrogens (tertiary/aromatic N) is 1. The summed E-state index contributed by atoms with van der Waals surface area (Å²) in [6.07, 6.45) is 0. The van der Waals surface area contributed by atoms with Crippen molar-refractivity contribution in [3.8, 4) is 11.4 Å². The number of imide groups is 1. The molecule has 0 unspecified atom stereocenters. The molecule has 4 N–H and O–H groups in total. The highest BCUT2D eigenvalue weighted by molar-refractivity contribution is 6.23. The molecule has 118 valence electrons. The quantitative estimate of drug-likeness (QED) is 0.582. The lowest BCUT2D eigenvalue weighted by atomic mass is 10.1. The zero-order valence-corrected chi connectivity index (χ0v) is 12.2. The highest BCUT2D eigenvalue weighted by Crippen LogP contribution is 2.31. The summed E-state index contributed by atoms with van der Waals surface area (Å²) < 4.78 is 1.17. The molecule has 7 nitrogen and oxygen atoms in total. The number of nitrogens with one attached hydrogen (secondary N) is 1. The van der Waals surface area contributed by atoms with E-state index in [1.165, 1.54) is 16.7 Å². The van der Waals surface area contributed by atoms with E-state index in [4.69, 9.17) is 5.73 Å². The predicted molar refractivity (Wildman–Crippen MR) is 87.4 cm³/mol. The number of hydrogen-bond donors (Lipinski definition) is 3. The van der Waals surface area contributed by atoms with Gasteiger partial charge in [0.25, 0.3) is 17.4 Å². The summed E-state index contributed by atoms with van der Waals surface area (Å²) in [6, 6.07) is 11.0. The Labute approximate surface area is 134 Å². The Kier molecular flexibility index (Phi) is 2.74. The second-order valence-electron chi connectivity index (χ2n) is 5.42. The molecule has 0 aliphatic carbocycles. The molecule has 1 aromatic heterocycles. The average Bonchev–Trinajstić information content (AvgIpc) is 2.84. The second kappa shape index (κ2) is 4.69. The topological polar surface area (TPSA) is 114 Å². The van der Waals surface area contributed by atoms with Crippen molar-refractivity contribution in [3.05, 3.63) is 63.9 Å². The molecule has 0 bridgehead atoms. The fourth-order valence-corrected chi connectivity index (χ4v) is 2.99. The van der Waals surface area contributed by atoms with E-state index in [0.29, 0.717) is 16.5 Å². The predicted octanol–water partition coefficient (Wildman–Crippen LogP) is 1.16. The molecule has 7 heteroatoms. The van der Waals surface area contributed by atoms with Crippen LogP contribution in [-0.4, -0.2) is 21.5 Å². The number of carbonyl (C=O) groups is 2. The third kappa shape index (κ3) is 1.75. The molecule has 0 saturated carbocycles. The van der Waals surface area contributed by atoms with Crippen molar-refractivity contribution in [2.24, 2.45) is 0 Å². The molecular formula is C17H11N3O4. The first-order valence-corrected chi connectivity index (χ1v) is 7.11. The number of phenolic OH excluding ortho intramolecular Hbond substituents is 1. The molecular weight excluding hydrogens is 310 g/mol. The summed E-state index contributed by atoms with van der Waals surface area (Å²) in [5.74, 6) is -1.32. The van der Waals surface area contributed by atoms with Gasteiger partial charge in [-0.05, 0) is 12.1 Å². The van der Waals surface area contributed by atoms with E-state index < -0.39 is 17.4 Å². The van der Waals surface area contributed by atoms with Gasteiger partial charge in [-0.25, -0.2) is 0 Å². The largest absolute Gasteiger partial charge is 0.507 e. The van der Waals surface area contributed by atoms with Crippen LogP contribution in [0.2, 0.25) is 0 Å². The first-order chi connectivity index (χ1) is 11.5. The van der Waals surface area contributed by atoms with Crippen LogP contribution in [0.1, 0.15) is 20.7 Å². The maximum absolute atomic E-state index is 12.5. The van der Waals surface area contributed by atoms with Crippen LogP contribution in [0.4, 0.5) is 5.82 Å². The molecule has 3 aromatic rings. The number of pyridine rings is 1. The van der Waals surface area contributed by atoms with Crippen LogP contribution >= 0.6 is 0 Å². The third-order valence-electron chi connectivity index (χ3n) is 4.07. The standard InChI is InChI=1S/C17H11N3O4/c18-15-14-10(16(23)19-17(14)24)7-13(22)20(15)11-5-6-12(21)9-4-2-1-3-8(9)11/h1-7,21H,18H2,(H,19,23,24). The lowest BCUT2D eigenvalue weighted by Gasteiger charge is -2.14. The number of amides is 2. The number of benzene rings is 2. The van der Waals surface area contributed by atoms with Crippen LogP contribution in [0.15, 0.2) is 47.3 Å². The molecule has 0 fully saturated rings. The molecule has 0 spiro atoms. The van der Waals surface area contributed by atoms with Crippen LogP contribution in [0.5, 0.6) is 5.75 Å². The first kappa shape index (κ1) is 14.0. The molecule has 0 saturated heterocycles. The number of fused-ring (bicyclic) bond motifs is 2. The summed E-state index contributed by atoms with van der Waals surface area (Å²) in [5.41, 5.74) is 5.88. The van der Waals surface area contributed by atoms with Gasteiger partial charge in [0.2, 0.25) is 0 Å². The lowest BCUT2D eigenvalue weighted by molar-refractivity contribution is 0.0880. The van der Waals surface area contributed by atoms with Crippen molar-refractivity contribution in [1.29, 1.82) is 0 Å². The molecule has 2 heterocycles. The van der Waals surface area contributed by atoms with Gasteiger partial charge in [0.05, 0.1) is 16.8 Å². The van der Waals surface area contributed by atoms with Crippen LogP contribution in [0.25, 0.3) is 16.5 Å². The van der Waals surface area contributed by atoms with Crippen molar-refractivity contribution >= 4 is 28.4 Å². The van der Waals surface area contributed by atoms with Crippen molar-refractivity contribution in [2.45, 2.75) is 0 Å². The Balaban J connectivity index is 2.12. The molecule has 0 radical (unpaired) electrons. The summed E-state index contributed by atoms with van der Waals surface area (Å²) in [7, 11) is 0. The Bertz CT molecular complexity index is 1110. The number of aromatic nitrogens is 1. The SMILES string of the molecule is Nc1c2c(cc(=O)n1-c1ccc(O)c3ccccc13)C(=O)NC2=O. The van der Waals surface area contributed by atoms with Gasteiger partial charge in [-0.3, -0.25) is 24.3 Å². The van der Waals surface area contributed by atoms with Gasteiger partial charge in [0.15, 0.2) is 0 Å². The van der Waals surface area contributed by atoms with Gasteiger partial charge in [-0.2, -0.15) is 0 Å². The number of rotatable bonds is 1. The fraction of sp³-hybridized carbons (Fsp3) is 0. The molecule has 24 heavy (non-hydrogen) atoms. The minimum atomic E-state index is -0.637. The summed E-state index contributed by atoms with van der Waals surface area (Å²) in [5, 5.41) is 13.2. The number of phenols is 1. The van der Waals surface area contributed by atoms with Crippen molar-refractivity contribution in [1.82, 2.24) is 9.88 Å². The average molecular weight is 321 g/mol. The zero-order chi connectivity index (χ0) is 17.0. The highest BCUT2D eigenvalue weighted by atomic mass is 16.3. The molecule has 2 amide bonds. The first-order valence-electron chi connectivity index (χ1n) is 7.11. The number of anilines is 1. The second-order valence-corrected chi connectivity index (χ2v) is 5.42. The Morgan fingerprint density at radius 1 is 0.958 bits per heavy atom. The van der Waals surface area contributed by atoms with E-state index in [1.807, 2.05) is 0 Å². The van der Waals surface area contributed by atoms with Crippen molar-refractivity contribution in [3.63, 3.8) is 0 Å². The maximum atomic E-state index is 12.5. The number of carbonyl (C=O) groups excluding carboxylic acids is 2.